The lowest BCUT2D eigenvalue weighted by atomic mass is 10.1. The Morgan fingerprint density at radius 1 is 1.06 bits per heavy atom. The third-order valence-corrected chi connectivity index (χ3v) is 4.99. The minimum atomic E-state index is -0.617. The lowest BCUT2D eigenvalue weighted by Gasteiger charge is -2.10. The molecule has 3 N–H and O–H groups in total. The van der Waals surface area contributed by atoms with Crippen molar-refractivity contribution in [1.82, 2.24) is 15.2 Å². The number of amides is 1. The Balaban J connectivity index is 1.66. The monoisotopic (exact) mass is 448 g/mol. The number of fused-ring (bicyclic) bond motifs is 1. The van der Waals surface area contributed by atoms with Crippen molar-refractivity contribution in [2.75, 3.05) is 0 Å². The summed E-state index contributed by atoms with van der Waals surface area (Å²) in [5, 5.41) is 28.0. The van der Waals surface area contributed by atoms with Gasteiger partial charge in [0.2, 0.25) is 0 Å². The Kier molecular flexibility index (Phi) is 5.87. The highest BCUT2D eigenvalue weighted by molar-refractivity contribution is 6.32. The standard InChI is InChI=1S/C23H17ClN4O4/c24-18-10-15(11-19(29)21(18)30)12-25-26-22(31)20-16-8-4-5-9-17(16)23(32)28(27-20)13-14-6-2-1-3-7-14/h1-12,29-30H,13H2,(H,26,31)/b25-12+. The quantitative estimate of drug-likeness (QED) is 0.246. The van der Waals surface area contributed by atoms with Crippen LogP contribution in [0.1, 0.15) is 21.6 Å². The number of carbonyl (C=O) groups is 1. The van der Waals surface area contributed by atoms with Gasteiger partial charge in [-0.1, -0.05) is 60.1 Å². The zero-order valence-electron chi connectivity index (χ0n) is 16.6. The maximum atomic E-state index is 12.9. The molecule has 4 aromatic rings. The number of hydrogen-bond acceptors (Lipinski definition) is 6. The van der Waals surface area contributed by atoms with Crippen LogP contribution >= 0.6 is 11.6 Å². The van der Waals surface area contributed by atoms with Gasteiger partial charge in [0.15, 0.2) is 17.2 Å². The Morgan fingerprint density at radius 2 is 1.75 bits per heavy atom. The number of carbonyl (C=O) groups excluding carboxylic acids is 1. The predicted octanol–water partition coefficient (Wildman–Crippen LogP) is 3.27. The van der Waals surface area contributed by atoms with Gasteiger partial charge >= 0.3 is 0 Å². The summed E-state index contributed by atoms with van der Waals surface area (Å²) in [6, 6.07) is 18.7. The molecular weight excluding hydrogens is 432 g/mol. The summed E-state index contributed by atoms with van der Waals surface area (Å²) < 4.78 is 1.24. The topological polar surface area (TPSA) is 117 Å². The van der Waals surface area contributed by atoms with E-state index in [0.29, 0.717) is 16.3 Å². The molecular formula is C23H17ClN4O4. The Bertz CT molecular complexity index is 1380. The van der Waals surface area contributed by atoms with E-state index in [4.69, 9.17) is 11.6 Å². The highest BCUT2D eigenvalue weighted by atomic mass is 35.5. The minimum Gasteiger partial charge on any atom is -0.504 e. The van der Waals surface area contributed by atoms with Crippen molar-refractivity contribution in [3.8, 4) is 11.5 Å². The van der Waals surface area contributed by atoms with Crippen LogP contribution in [0.2, 0.25) is 5.02 Å². The number of halogens is 1. The molecule has 9 heteroatoms. The summed E-state index contributed by atoms with van der Waals surface area (Å²) in [7, 11) is 0. The molecule has 0 radical (unpaired) electrons. The van der Waals surface area contributed by atoms with Crippen LogP contribution in [0.25, 0.3) is 10.8 Å². The second kappa shape index (κ2) is 8.91. The molecule has 0 aliphatic heterocycles. The molecule has 8 nitrogen and oxygen atoms in total. The first-order chi connectivity index (χ1) is 15.4. The molecule has 0 atom stereocenters. The molecule has 32 heavy (non-hydrogen) atoms. The largest absolute Gasteiger partial charge is 0.504 e. The van der Waals surface area contributed by atoms with Gasteiger partial charge in [0.1, 0.15) is 0 Å². The van der Waals surface area contributed by atoms with E-state index in [1.165, 1.54) is 23.0 Å². The highest BCUT2D eigenvalue weighted by Gasteiger charge is 2.16. The number of nitrogens with zero attached hydrogens (tertiary/aromatic N) is 3. The molecule has 3 aromatic carbocycles. The van der Waals surface area contributed by atoms with Crippen molar-refractivity contribution in [3.63, 3.8) is 0 Å². The second-order valence-electron chi connectivity index (χ2n) is 6.91. The molecule has 0 bridgehead atoms. The molecule has 1 amide bonds. The van der Waals surface area contributed by atoms with Crippen molar-refractivity contribution in [2.24, 2.45) is 5.10 Å². The van der Waals surface area contributed by atoms with Crippen molar-refractivity contribution in [2.45, 2.75) is 6.54 Å². The van der Waals surface area contributed by atoms with Gasteiger partial charge in [-0.05, 0) is 29.3 Å². The number of nitrogens with one attached hydrogen (secondary N) is 1. The maximum Gasteiger partial charge on any atom is 0.292 e. The van der Waals surface area contributed by atoms with Crippen LogP contribution in [0.15, 0.2) is 76.6 Å². The molecule has 1 heterocycles. The Morgan fingerprint density at radius 3 is 2.47 bits per heavy atom. The lowest BCUT2D eigenvalue weighted by Crippen LogP contribution is -2.29. The van der Waals surface area contributed by atoms with Gasteiger partial charge in [0, 0.05) is 5.39 Å². The first kappa shape index (κ1) is 21.1. The first-order valence-corrected chi connectivity index (χ1v) is 9.90. The fourth-order valence-corrected chi connectivity index (χ4v) is 3.39. The van der Waals surface area contributed by atoms with Gasteiger partial charge in [-0.3, -0.25) is 9.59 Å². The summed E-state index contributed by atoms with van der Waals surface area (Å²) in [4.78, 5) is 25.7. The molecule has 0 aliphatic rings. The summed E-state index contributed by atoms with van der Waals surface area (Å²) in [6.07, 6.45) is 1.26. The number of hydrazone groups is 1. The fourth-order valence-electron chi connectivity index (χ4n) is 3.16. The van der Waals surface area contributed by atoms with Crippen LogP contribution in [0.3, 0.4) is 0 Å². The summed E-state index contributed by atoms with van der Waals surface area (Å²) in [5.41, 5.74) is 3.33. The van der Waals surface area contributed by atoms with Crippen molar-refractivity contribution >= 4 is 34.5 Å². The smallest absolute Gasteiger partial charge is 0.292 e. The number of benzene rings is 3. The fraction of sp³-hybridized carbons (Fsp3) is 0.0435. The molecule has 0 aliphatic carbocycles. The van der Waals surface area contributed by atoms with Gasteiger partial charge in [-0.2, -0.15) is 10.2 Å². The van der Waals surface area contributed by atoms with Gasteiger partial charge in [0.25, 0.3) is 11.5 Å². The molecule has 0 unspecified atom stereocenters. The van der Waals surface area contributed by atoms with Crippen molar-refractivity contribution in [3.05, 3.63) is 98.9 Å². The van der Waals surface area contributed by atoms with E-state index in [1.807, 2.05) is 30.3 Å². The van der Waals surface area contributed by atoms with Crippen LogP contribution in [0.5, 0.6) is 11.5 Å². The SMILES string of the molecule is O=C(N/N=C/c1cc(O)c(O)c(Cl)c1)c1nn(Cc2ccccc2)c(=O)c2ccccc12. The minimum absolute atomic E-state index is 0.0415. The van der Waals surface area contributed by atoms with Gasteiger partial charge < -0.3 is 10.2 Å². The molecule has 0 spiro atoms. The van der Waals surface area contributed by atoms with Crippen LogP contribution in [0.4, 0.5) is 0 Å². The molecule has 0 saturated carbocycles. The maximum absolute atomic E-state index is 12.9. The zero-order chi connectivity index (χ0) is 22.7. The third kappa shape index (κ3) is 4.30. The summed E-state index contributed by atoms with van der Waals surface area (Å²) >= 11 is 5.82. The van der Waals surface area contributed by atoms with Crippen LogP contribution in [-0.4, -0.2) is 32.1 Å². The van der Waals surface area contributed by atoms with Crippen LogP contribution < -0.4 is 11.0 Å². The number of rotatable bonds is 5. The summed E-state index contributed by atoms with van der Waals surface area (Å²) in [6.45, 7) is 0.208. The third-order valence-electron chi connectivity index (χ3n) is 4.70. The normalized spacial score (nSPS) is 11.2. The van der Waals surface area contributed by atoms with Gasteiger partial charge in [-0.15, -0.1) is 0 Å². The highest BCUT2D eigenvalue weighted by Crippen LogP contribution is 2.33. The molecule has 1 aromatic heterocycles. The number of phenols is 2. The molecule has 0 saturated heterocycles. The molecule has 0 fully saturated rings. The van der Waals surface area contributed by atoms with E-state index >= 15 is 0 Å². The molecule has 160 valence electrons. The average molecular weight is 449 g/mol. The van der Waals surface area contributed by atoms with Gasteiger partial charge in [0.05, 0.1) is 23.2 Å². The van der Waals surface area contributed by atoms with E-state index in [-0.39, 0.29) is 22.8 Å². The van der Waals surface area contributed by atoms with Crippen LogP contribution in [0, 0.1) is 0 Å². The predicted molar refractivity (Wildman–Crippen MR) is 121 cm³/mol. The Hall–Kier alpha value is -4.17. The Labute approximate surface area is 187 Å². The van der Waals surface area contributed by atoms with Crippen molar-refractivity contribution < 1.29 is 15.0 Å². The first-order valence-electron chi connectivity index (χ1n) is 9.52. The summed E-state index contributed by atoms with van der Waals surface area (Å²) in [5.74, 6) is -1.47. The number of phenolic OH excluding ortho intramolecular Hbond substituents is 2. The average Bonchev–Trinajstić information content (AvgIpc) is 2.80. The number of aromatic nitrogens is 2. The van der Waals surface area contributed by atoms with E-state index in [2.05, 4.69) is 15.6 Å². The van der Waals surface area contributed by atoms with E-state index in [9.17, 15) is 19.8 Å². The molecule has 4 rings (SSSR count). The van der Waals surface area contributed by atoms with E-state index in [1.54, 1.807) is 24.3 Å². The van der Waals surface area contributed by atoms with Gasteiger partial charge in [-0.25, -0.2) is 10.1 Å². The number of aromatic hydroxyl groups is 2. The lowest BCUT2D eigenvalue weighted by molar-refractivity contribution is 0.0949. The number of hydrogen-bond donors (Lipinski definition) is 3. The van der Waals surface area contributed by atoms with Crippen LogP contribution in [-0.2, 0) is 6.54 Å². The second-order valence-corrected chi connectivity index (χ2v) is 7.32. The van der Waals surface area contributed by atoms with E-state index in [0.717, 1.165) is 5.56 Å². The van der Waals surface area contributed by atoms with Crippen molar-refractivity contribution in [1.29, 1.82) is 0 Å². The van der Waals surface area contributed by atoms with E-state index < -0.39 is 17.4 Å². The zero-order valence-corrected chi connectivity index (χ0v) is 17.3.